The topological polar surface area (TPSA) is 47.3 Å². The molecule has 17 heavy (non-hydrogen) atoms. The summed E-state index contributed by atoms with van der Waals surface area (Å²) in [6.45, 7) is 8.96. The summed E-state index contributed by atoms with van der Waals surface area (Å²) in [4.78, 5) is 0. The van der Waals surface area contributed by atoms with Gasteiger partial charge in [-0.15, -0.1) is 0 Å². The Hall–Kier alpha value is -0.120. The molecule has 0 amide bonds. The molecule has 0 unspecified atom stereocenters. The summed E-state index contributed by atoms with van der Waals surface area (Å²) in [5.74, 6) is 1.64. The molecular weight excluding hydrogens is 212 g/mol. The highest BCUT2D eigenvalue weighted by molar-refractivity contribution is 4.86. The van der Waals surface area contributed by atoms with Crippen molar-refractivity contribution >= 4 is 0 Å². The second kappa shape index (κ2) is 5.68. The van der Waals surface area contributed by atoms with E-state index in [0.29, 0.717) is 11.5 Å². The number of ether oxygens (including phenoxy) is 1. The molecule has 2 rings (SSSR count). The quantitative estimate of drug-likeness (QED) is 0.770. The van der Waals surface area contributed by atoms with E-state index in [1.54, 1.807) is 0 Å². The average Bonchev–Trinajstić information content (AvgIpc) is 2.28. The minimum absolute atomic E-state index is 0.398. The maximum Gasteiger partial charge on any atom is 0.0468 e. The van der Waals surface area contributed by atoms with Crippen LogP contribution in [0.5, 0.6) is 0 Å². The van der Waals surface area contributed by atoms with Crippen LogP contribution in [0.2, 0.25) is 0 Å². The molecule has 3 N–H and O–H groups in total. The highest BCUT2D eigenvalue weighted by Crippen LogP contribution is 2.34. The number of hydrogen-bond acceptors (Lipinski definition) is 3. The molecule has 3 nitrogen and oxygen atoms in total. The number of hydrogen-bond donors (Lipinski definition) is 2. The zero-order chi connectivity index (χ0) is 12.3. The van der Waals surface area contributed by atoms with E-state index in [1.165, 1.54) is 25.7 Å². The first-order valence-electron chi connectivity index (χ1n) is 7.12. The van der Waals surface area contributed by atoms with Gasteiger partial charge in [-0.25, -0.2) is 0 Å². The average molecular weight is 240 g/mol. The van der Waals surface area contributed by atoms with Crippen molar-refractivity contribution in [2.45, 2.75) is 45.6 Å². The van der Waals surface area contributed by atoms with E-state index in [1.807, 2.05) is 0 Å². The van der Waals surface area contributed by atoms with E-state index < -0.39 is 0 Å². The standard InChI is InChI=1S/C14H28N2O/c1-14(2,12-3-5-17-6-4-12)10-16-9-11-7-13(15)8-11/h11-13,16H,3-10,15H2,1-2H3. The van der Waals surface area contributed by atoms with Crippen molar-refractivity contribution in [2.75, 3.05) is 26.3 Å². The molecule has 1 aliphatic heterocycles. The fourth-order valence-electron chi connectivity index (χ4n) is 3.18. The number of rotatable bonds is 5. The predicted molar refractivity (Wildman–Crippen MR) is 70.9 cm³/mol. The lowest BCUT2D eigenvalue weighted by atomic mass is 9.74. The summed E-state index contributed by atoms with van der Waals surface area (Å²) in [5, 5.41) is 3.65. The van der Waals surface area contributed by atoms with Crippen LogP contribution in [0.25, 0.3) is 0 Å². The third-order valence-corrected chi connectivity index (χ3v) is 4.61. The molecule has 0 bridgehead atoms. The Balaban J connectivity index is 1.65. The fraction of sp³-hybridized carbons (Fsp3) is 1.00. The van der Waals surface area contributed by atoms with Gasteiger partial charge in [-0.1, -0.05) is 13.8 Å². The zero-order valence-corrected chi connectivity index (χ0v) is 11.4. The third-order valence-electron chi connectivity index (χ3n) is 4.61. The Labute approximate surface area is 105 Å². The van der Waals surface area contributed by atoms with E-state index in [2.05, 4.69) is 19.2 Å². The highest BCUT2D eigenvalue weighted by Gasteiger charge is 2.31. The summed E-state index contributed by atoms with van der Waals surface area (Å²) < 4.78 is 5.44. The first kappa shape index (κ1) is 13.3. The molecule has 0 aromatic heterocycles. The fourth-order valence-corrected chi connectivity index (χ4v) is 3.18. The van der Waals surface area contributed by atoms with Crippen molar-refractivity contribution in [1.29, 1.82) is 0 Å². The Morgan fingerprint density at radius 1 is 1.24 bits per heavy atom. The first-order chi connectivity index (χ1) is 8.08. The molecule has 0 spiro atoms. The van der Waals surface area contributed by atoms with Crippen LogP contribution in [0.4, 0.5) is 0 Å². The van der Waals surface area contributed by atoms with Crippen LogP contribution in [0.15, 0.2) is 0 Å². The van der Waals surface area contributed by atoms with Gasteiger partial charge in [0.15, 0.2) is 0 Å². The predicted octanol–water partition coefficient (Wildman–Crippen LogP) is 1.77. The Kier molecular flexibility index (Phi) is 4.45. The molecule has 0 radical (unpaired) electrons. The largest absolute Gasteiger partial charge is 0.381 e. The van der Waals surface area contributed by atoms with Crippen LogP contribution in [-0.4, -0.2) is 32.3 Å². The van der Waals surface area contributed by atoms with Crippen LogP contribution in [0.1, 0.15) is 39.5 Å². The number of nitrogens with two attached hydrogens (primary N) is 1. The molecular formula is C14H28N2O. The van der Waals surface area contributed by atoms with Crippen LogP contribution in [0.3, 0.4) is 0 Å². The van der Waals surface area contributed by atoms with Crippen molar-refractivity contribution in [3.8, 4) is 0 Å². The van der Waals surface area contributed by atoms with Gasteiger partial charge in [0, 0.05) is 25.8 Å². The van der Waals surface area contributed by atoms with Gasteiger partial charge in [0.25, 0.3) is 0 Å². The summed E-state index contributed by atoms with van der Waals surface area (Å²) >= 11 is 0. The molecule has 2 aliphatic rings. The van der Waals surface area contributed by atoms with E-state index in [4.69, 9.17) is 10.5 Å². The van der Waals surface area contributed by atoms with Crippen molar-refractivity contribution in [3.05, 3.63) is 0 Å². The molecule has 0 aromatic carbocycles. The summed E-state index contributed by atoms with van der Waals surface area (Å²) in [6.07, 6.45) is 4.88. The van der Waals surface area contributed by atoms with Crippen molar-refractivity contribution in [3.63, 3.8) is 0 Å². The highest BCUT2D eigenvalue weighted by atomic mass is 16.5. The van der Waals surface area contributed by atoms with Gasteiger partial charge in [0.1, 0.15) is 0 Å². The lowest BCUT2D eigenvalue weighted by molar-refractivity contribution is 0.0222. The molecule has 3 heteroatoms. The summed E-state index contributed by atoms with van der Waals surface area (Å²) in [7, 11) is 0. The minimum Gasteiger partial charge on any atom is -0.381 e. The molecule has 0 aromatic rings. The minimum atomic E-state index is 0.398. The van der Waals surface area contributed by atoms with Gasteiger partial charge in [-0.3, -0.25) is 0 Å². The van der Waals surface area contributed by atoms with Crippen LogP contribution < -0.4 is 11.1 Å². The molecule has 1 aliphatic carbocycles. The lowest BCUT2D eigenvalue weighted by Crippen LogP contribution is -2.44. The van der Waals surface area contributed by atoms with Gasteiger partial charge in [0.2, 0.25) is 0 Å². The second-order valence-corrected chi connectivity index (χ2v) is 6.60. The molecule has 2 fully saturated rings. The third kappa shape index (κ3) is 3.67. The van der Waals surface area contributed by atoms with Gasteiger partial charge < -0.3 is 15.8 Å². The first-order valence-corrected chi connectivity index (χ1v) is 7.12. The van der Waals surface area contributed by atoms with Crippen LogP contribution >= 0.6 is 0 Å². The van der Waals surface area contributed by atoms with Gasteiger partial charge >= 0.3 is 0 Å². The van der Waals surface area contributed by atoms with E-state index >= 15 is 0 Å². The summed E-state index contributed by atoms with van der Waals surface area (Å²) in [5.41, 5.74) is 6.20. The Morgan fingerprint density at radius 3 is 2.47 bits per heavy atom. The molecule has 1 heterocycles. The molecule has 0 atom stereocenters. The van der Waals surface area contributed by atoms with Crippen molar-refractivity contribution in [1.82, 2.24) is 5.32 Å². The number of nitrogens with one attached hydrogen (secondary N) is 1. The second-order valence-electron chi connectivity index (χ2n) is 6.60. The smallest absolute Gasteiger partial charge is 0.0468 e. The van der Waals surface area contributed by atoms with Crippen molar-refractivity contribution in [2.24, 2.45) is 23.0 Å². The Bertz CT molecular complexity index is 230. The van der Waals surface area contributed by atoms with E-state index in [0.717, 1.165) is 38.1 Å². The van der Waals surface area contributed by atoms with Crippen LogP contribution in [-0.2, 0) is 4.74 Å². The van der Waals surface area contributed by atoms with Gasteiger partial charge in [0.05, 0.1) is 0 Å². The van der Waals surface area contributed by atoms with Gasteiger partial charge in [-0.2, -0.15) is 0 Å². The van der Waals surface area contributed by atoms with Crippen LogP contribution in [0, 0.1) is 17.3 Å². The maximum absolute atomic E-state index is 5.80. The Morgan fingerprint density at radius 2 is 1.88 bits per heavy atom. The monoisotopic (exact) mass is 240 g/mol. The SMILES string of the molecule is CC(C)(CNCC1CC(N)C1)C1CCOCC1. The van der Waals surface area contributed by atoms with Gasteiger partial charge in [-0.05, 0) is 49.5 Å². The van der Waals surface area contributed by atoms with Crippen molar-refractivity contribution < 1.29 is 4.74 Å². The molecule has 100 valence electrons. The van der Waals surface area contributed by atoms with E-state index in [-0.39, 0.29) is 0 Å². The van der Waals surface area contributed by atoms with E-state index in [9.17, 15) is 0 Å². The molecule has 1 saturated heterocycles. The normalized spacial score (nSPS) is 31.2. The summed E-state index contributed by atoms with van der Waals surface area (Å²) in [6, 6.07) is 0.477. The zero-order valence-electron chi connectivity index (χ0n) is 11.4. The molecule has 1 saturated carbocycles. The maximum atomic E-state index is 5.80. The lowest BCUT2D eigenvalue weighted by Gasteiger charge is -2.38.